The third-order valence-electron chi connectivity index (χ3n) is 18.7. The van der Waals surface area contributed by atoms with E-state index in [0.717, 1.165) is 78.9 Å². The summed E-state index contributed by atoms with van der Waals surface area (Å²) in [5, 5.41) is 27.4. The van der Waals surface area contributed by atoms with E-state index in [4.69, 9.17) is 59.7 Å². The number of hydrogen-bond donors (Lipinski definition) is 3. The molecule has 2 heterocycles. The SMILES string of the molecule is C1=CCCCC1.C1CCOC1.CC(=O)OCC1c2ccccc2-c2ccccc21.CC(=O)[C@@H](N)COCC(C)(C)O.CC(=O)[C@H](CCCC(C)(C)OC1CCCCO1)OC(=O)OCC1c2ccccc2-c2ccccc21.CC(=O)[C@H](COCC(C)(C)O)CC(=O)OCC1c2ccccc2-c2ccccc21.O=CO[O-].[3H][P+](P)=S.[H-].[Na+].[Na+]. The van der Waals surface area contributed by atoms with Gasteiger partial charge in [0.1, 0.15) is 31.4 Å². The summed E-state index contributed by atoms with van der Waals surface area (Å²) in [4.78, 5) is 81.9. The summed E-state index contributed by atoms with van der Waals surface area (Å²) in [6.45, 7) is 19.4. The predicted octanol–water partition coefficient (Wildman–Crippen LogP) is 9.56. The van der Waals surface area contributed by atoms with E-state index in [1.54, 1.807) is 27.7 Å². The second-order valence-corrected chi connectivity index (χ2v) is 32.5. The summed E-state index contributed by atoms with van der Waals surface area (Å²) in [5.74, 6) is -1.53. The largest absolute Gasteiger partial charge is 1.00 e. The van der Waals surface area contributed by atoms with Gasteiger partial charge in [0.25, 0.3) is 6.47 Å². The molecule has 114 heavy (non-hydrogen) atoms. The molecule has 4 N–H and O–H groups in total. The third kappa shape index (κ3) is 37.5. The molecule has 12 rings (SSSR count). The molecule has 6 aromatic carbocycles. The molecule has 21 nitrogen and oxygen atoms in total. The van der Waals surface area contributed by atoms with Crippen LogP contribution in [0.5, 0.6) is 0 Å². The number of rotatable bonds is 27. The average molecular weight is 1650 g/mol. The maximum atomic E-state index is 12.5. The Bertz CT molecular complexity index is 3840. The summed E-state index contributed by atoms with van der Waals surface area (Å²) < 4.78 is 55.3. The van der Waals surface area contributed by atoms with E-state index in [9.17, 15) is 39.0 Å². The molecule has 2 fully saturated rings. The number of hydrogen-bond acceptors (Lipinski definition) is 22. The van der Waals surface area contributed by atoms with Crippen molar-refractivity contribution in [3.05, 3.63) is 191 Å². The first kappa shape index (κ1) is 101. The Balaban J connectivity index is 0.000000503. The van der Waals surface area contributed by atoms with Crippen molar-refractivity contribution in [1.82, 2.24) is 0 Å². The maximum Gasteiger partial charge on any atom is 1.00 e. The smallest absolute Gasteiger partial charge is 1.00 e. The van der Waals surface area contributed by atoms with E-state index in [1.807, 2.05) is 86.6 Å². The van der Waals surface area contributed by atoms with Gasteiger partial charge in [-0.2, -0.15) is 0 Å². The first-order valence-corrected chi connectivity index (χ1v) is 41.9. The van der Waals surface area contributed by atoms with Gasteiger partial charge in [-0.1, -0.05) is 158 Å². The van der Waals surface area contributed by atoms with Gasteiger partial charge in [0.05, 0.1) is 70.5 Å². The number of ether oxygens (including phenoxy) is 9. The topological polar surface area (TPSA) is 301 Å². The average Bonchev–Trinajstić information content (AvgIpc) is 1.63. The van der Waals surface area contributed by atoms with Crippen LogP contribution in [0.2, 0.25) is 0 Å². The summed E-state index contributed by atoms with van der Waals surface area (Å²) in [5.41, 5.74) is 17.4. The molecule has 2 aliphatic heterocycles. The summed E-state index contributed by atoms with van der Waals surface area (Å²) in [6, 6.07) is 48.7. The first-order valence-electron chi connectivity index (χ1n) is 38.8. The summed E-state index contributed by atoms with van der Waals surface area (Å²) in [6.07, 6.45) is 15.7. The van der Waals surface area contributed by atoms with Crippen LogP contribution in [-0.2, 0) is 88.1 Å². The van der Waals surface area contributed by atoms with Crippen molar-refractivity contribution >= 4 is 69.6 Å². The number of carbonyl (C=O) groups excluding carboxylic acids is 7. The van der Waals surface area contributed by atoms with E-state index < -0.39 is 48.4 Å². The first-order chi connectivity index (χ1) is 53.8. The molecule has 612 valence electrons. The number of allylic oxidation sites excluding steroid dienone is 2. The minimum absolute atomic E-state index is 0. The molecular weight excluding hydrogens is 1530 g/mol. The van der Waals surface area contributed by atoms with Gasteiger partial charge < -0.3 is 70.1 Å². The zero-order chi connectivity index (χ0) is 82.9. The molecule has 4 aliphatic carbocycles. The second-order valence-electron chi connectivity index (χ2n) is 29.8. The van der Waals surface area contributed by atoms with Gasteiger partial charge >= 0.3 is 78.5 Å². The number of aliphatic hydroxyl groups is 2. The van der Waals surface area contributed by atoms with Crippen LogP contribution in [0, 0.1) is 5.92 Å². The molecule has 6 aromatic rings. The number of benzene rings is 6. The van der Waals surface area contributed by atoms with Crippen molar-refractivity contribution in [3.8, 4) is 33.4 Å². The minimum Gasteiger partial charge on any atom is -1.00 e. The number of esters is 2. The Hall–Kier alpha value is -5.66. The van der Waals surface area contributed by atoms with Crippen molar-refractivity contribution in [2.45, 2.75) is 206 Å². The van der Waals surface area contributed by atoms with Crippen LogP contribution in [-0.4, -0.2) is 155 Å². The van der Waals surface area contributed by atoms with E-state index >= 15 is 0 Å². The normalized spacial score (nSPS) is 15.6. The van der Waals surface area contributed by atoms with Crippen molar-refractivity contribution in [1.29, 1.82) is 1.28 Å². The molecular formula is C88H118NNa2O20P2S+. The quantitative estimate of drug-likeness (QED) is 0.00631. The van der Waals surface area contributed by atoms with Gasteiger partial charge in [0.15, 0.2) is 37.0 Å². The fourth-order valence-electron chi connectivity index (χ4n) is 13.1. The van der Waals surface area contributed by atoms with Crippen LogP contribution >= 0.6 is 15.9 Å². The van der Waals surface area contributed by atoms with Crippen molar-refractivity contribution in [2.75, 3.05) is 66.1 Å². The molecule has 2 saturated heterocycles. The fourth-order valence-corrected chi connectivity index (χ4v) is 13.1. The van der Waals surface area contributed by atoms with Gasteiger partial charge in [-0.3, -0.25) is 28.8 Å². The van der Waals surface area contributed by atoms with Crippen LogP contribution in [0.25, 0.3) is 33.4 Å². The van der Waals surface area contributed by atoms with Crippen LogP contribution in [0.3, 0.4) is 0 Å². The Labute approximate surface area is 730 Å². The van der Waals surface area contributed by atoms with Gasteiger partial charge in [0, 0.05) is 44.5 Å². The van der Waals surface area contributed by atoms with E-state index in [2.05, 4.69) is 111 Å². The van der Waals surface area contributed by atoms with E-state index in [1.165, 1.54) is 99.6 Å². The second kappa shape index (κ2) is 55.2. The zero-order valence-corrected chi connectivity index (χ0v) is 75.5. The molecule has 0 radical (unpaired) electrons. The standard InChI is InChI=1S/C29H36O6.C24H28O5.C16H14O2.C8H17NO3.C6H10.C4H8O.CH2O3.2Na.H2P2S.H/c1-20(30)26(15-10-17-29(2,3)35-27-16-8-9-18-32-27)34-28(31)33-19-25-23-13-6-4-11-21(23)22-12-5-7-14-24(22)25;1-16(25)17(13-28-15-24(2,3)27)12-23(26)29-14-22-20-10-6-4-8-18(20)19-9-5-7-11-21(19)22;1-11(17)18-10-16-14-8-4-2-6-12(14)13-7-3-5-9-15(13)16;1-6(10)7(9)4-12-5-8(2,3)11;1-2-4-6-5-3-1;1-2-4-5-3-1;2-1-4-3;;;1-2-3;/h4-7,11-14,25-27H,8-10,15-19H2,1-3H3;4-11,17,22,27H,12-15H2,1-3H3;2-9,16H,10H2,1H3;7,11H,4-5,9H2,1-3H3;1-2H,3-6H2;1-4H2;1,3H;;;1H2;/q;;;;;;;2*+1;;-1/t26-,27?;17-;;7-;;;;;;;/m00.0......./s1/i/hT. The van der Waals surface area contributed by atoms with Crippen LogP contribution in [0.4, 0.5) is 4.79 Å². The molecule has 0 bridgehead atoms. The molecule has 6 aliphatic rings. The molecule has 0 amide bonds. The van der Waals surface area contributed by atoms with Gasteiger partial charge in [0.2, 0.25) is 0 Å². The molecule has 0 aromatic heterocycles. The third-order valence-corrected chi connectivity index (χ3v) is 18.7. The van der Waals surface area contributed by atoms with Crippen molar-refractivity contribution in [3.63, 3.8) is 0 Å². The Kier molecular flexibility index (Phi) is 48.7. The minimum atomic E-state index is -0.981. The Morgan fingerprint density at radius 2 is 0.974 bits per heavy atom. The van der Waals surface area contributed by atoms with Crippen LogP contribution in [0.1, 0.15) is 205 Å². The molecule has 0 spiro atoms. The maximum absolute atomic E-state index is 12.5. The molecule has 3 unspecified atom stereocenters. The summed E-state index contributed by atoms with van der Waals surface area (Å²) >= 11 is 4.31. The molecule has 6 atom stereocenters. The fraction of sp³-hybridized carbons (Fsp3) is 0.489. The monoisotopic (exact) mass is 1650 g/mol. The van der Waals surface area contributed by atoms with Crippen molar-refractivity contribution in [2.24, 2.45) is 11.7 Å². The van der Waals surface area contributed by atoms with Crippen molar-refractivity contribution < 1.29 is 157 Å². The van der Waals surface area contributed by atoms with Gasteiger partial charge in [-0.15, -0.1) is 0 Å². The van der Waals surface area contributed by atoms with E-state index in [0.29, 0.717) is 19.4 Å². The number of fused-ring (bicyclic) bond motifs is 9. The zero-order valence-electron chi connectivity index (χ0n) is 70.6. The molecule has 26 heteroatoms. The van der Waals surface area contributed by atoms with Crippen LogP contribution in [0.15, 0.2) is 158 Å². The Morgan fingerprint density at radius 1 is 0.596 bits per heavy atom. The summed E-state index contributed by atoms with van der Waals surface area (Å²) in [7, 11) is 2.20. The van der Waals surface area contributed by atoms with Gasteiger partial charge in [-0.25, -0.2) is 4.79 Å². The van der Waals surface area contributed by atoms with Gasteiger partial charge in [-0.05, 0) is 206 Å². The number of Topliss-reactive ketones (excluding diaryl/α,β-unsaturated/α-hetero) is 3. The Morgan fingerprint density at radius 3 is 1.29 bits per heavy atom. The van der Waals surface area contributed by atoms with E-state index in [-0.39, 0.29) is 166 Å². The predicted molar refractivity (Wildman–Crippen MR) is 441 cm³/mol. The number of nitrogens with two attached hydrogens (primary N) is 1. The number of ketones is 3. The number of carbonyl (C=O) groups is 7. The van der Waals surface area contributed by atoms with Crippen LogP contribution < -0.4 is 70.1 Å². The molecule has 0 saturated carbocycles.